The highest BCUT2D eigenvalue weighted by Gasteiger charge is 2.22. The maximum Gasteiger partial charge on any atom is 0.170 e. The van der Waals surface area contributed by atoms with Crippen LogP contribution in [0.1, 0.15) is 16.8 Å². The molecule has 1 aromatic rings. The summed E-state index contributed by atoms with van der Waals surface area (Å²) in [5, 5.41) is 3.23. The molecule has 0 spiro atoms. The summed E-state index contributed by atoms with van der Waals surface area (Å²) < 4.78 is 6.24. The molecule has 1 aromatic carbocycles. The standard InChI is InChI=1S/C10H10INO2/c1-14-8-3-2-6(11)10-9(8)7(13)4-5-12-10/h2-3,12H,4-5H2,1H3. The van der Waals surface area contributed by atoms with Crippen LogP contribution in [0, 0.1) is 3.57 Å². The first-order valence-corrected chi connectivity index (χ1v) is 5.45. The predicted octanol–water partition coefficient (Wildman–Crippen LogP) is 2.30. The van der Waals surface area contributed by atoms with Gasteiger partial charge in [0.05, 0.1) is 18.4 Å². The van der Waals surface area contributed by atoms with Crippen LogP contribution in [-0.2, 0) is 0 Å². The summed E-state index contributed by atoms with van der Waals surface area (Å²) in [5.41, 5.74) is 1.62. The number of nitrogens with one attached hydrogen (secondary N) is 1. The van der Waals surface area contributed by atoms with Crippen LogP contribution < -0.4 is 10.1 Å². The zero-order chi connectivity index (χ0) is 10.1. The van der Waals surface area contributed by atoms with E-state index in [1.807, 2.05) is 12.1 Å². The number of carbonyl (C=O) groups excluding carboxylic acids is 1. The number of rotatable bonds is 1. The van der Waals surface area contributed by atoms with Crippen LogP contribution in [-0.4, -0.2) is 19.4 Å². The molecule has 3 nitrogen and oxygen atoms in total. The smallest absolute Gasteiger partial charge is 0.170 e. The fourth-order valence-electron chi connectivity index (χ4n) is 1.60. The summed E-state index contributed by atoms with van der Waals surface area (Å²) in [6.45, 7) is 0.717. The first-order chi connectivity index (χ1) is 6.74. The van der Waals surface area contributed by atoms with Gasteiger partial charge < -0.3 is 10.1 Å². The Morgan fingerprint density at radius 2 is 2.29 bits per heavy atom. The van der Waals surface area contributed by atoms with Gasteiger partial charge in [-0.1, -0.05) is 0 Å². The third-order valence-corrected chi connectivity index (χ3v) is 3.17. The molecule has 0 fully saturated rings. The molecule has 2 rings (SSSR count). The number of fused-ring (bicyclic) bond motifs is 1. The van der Waals surface area contributed by atoms with Gasteiger partial charge >= 0.3 is 0 Å². The molecule has 1 heterocycles. The fourth-order valence-corrected chi connectivity index (χ4v) is 2.24. The number of hydrogen-bond acceptors (Lipinski definition) is 3. The summed E-state index contributed by atoms with van der Waals surface area (Å²) >= 11 is 2.22. The van der Waals surface area contributed by atoms with Gasteiger partial charge in [-0.05, 0) is 34.7 Å². The number of anilines is 1. The van der Waals surface area contributed by atoms with Crippen molar-refractivity contribution in [3.63, 3.8) is 0 Å². The summed E-state index contributed by atoms with van der Waals surface area (Å²) in [6.07, 6.45) is 0.545. The number of methoxy groups -OCH3 is 1. The van der Waals surface area contributed by atoms with Gasteiger partial charge in [0.1, 0.15) is 5.75 Å². The number of Topliss-reactive ketones (excluding diaryl/α,β-unsaturated/α-hetero) is 1. The summed E-state index contributed by atoms with van der Waals surface area (Å²) in [5.74, 6) is 0.826. The van der Waals surface area contributed by atoms with Crippen molar-refractivity contribution in [2.75, 3.05) is 19.0 Å². The van der Waals surface area contributed by atoms with E-state index in [1.54, 1.807) is 7.11 Å². The number of benzene rings is 1. The Balaban J connectivity index is 2.64. The van der Waals surface area contributed by atoms with Crippen LogP contribution in [0.2, 0.25) is 0 Å². The molecule has 1 N–H and O–H groups in total. The van der Waals surface area contributed by atoms with Gasteiger partial charge in [0.15, 0.2) is 5.78 Å². The highest BCUT2D eigenvalue weighted by Crippen LogP contribution is 2.34. The summed E-state index contributed by atoms with van der Waals surface area (Å²) in [7, 11) is 1.59. The van der Waals surface area contributed by atoms with Gasteiger partial charge in [-0.25, -0.2) is 0 Å². The minimum absolute atomic E-state index is 0.161. The topological polar surface area (TPSA) is 38.3 Å². The van der Waals surface area contributed by atoms with Crippen molar-refractivity contribution in [3.8, 4) is 5.75 Å². The van der Waals surface area contributed by atoms with Crippen LogP contribution in [0.3, 0.4) is 0 Å². The van der Waals surface area contributed by atoms with E-state index in [-0.39, 0.29) is 5.78 Å². The van der Waals surface area contributed by atoms with Gasteiger partial charge in [-0.2, -0.15) is 0 Å². The lowest BCUT2D eigenvalue weighted by atomic mass is 10.0. The number of halogens is 1. The quantitative estimate of drug-likeness (QED) is 0.809. The van der Waals surface area contributed by atoms with Crippen molar-refractivity contribution in [1.82, 2.24) is 0 Å². The number of hydrogen-bond donors (Lipinski definition) is 1. The van der Waals surface area contributed by atoms with Crippen molar-refractivity contribution in [2.24, 2.45) is 0 Å². The van der Waals surface area contributed by atoms with Crippen molar-refractivity contribution in [1.29, 1.82) is 0 Å². The maximum absolute atomic E-state index is 11.7. The molecule has 0 saturated heterocycles. The second-order valence-electron chi connectivity index (χ2n) is 3.10. The lowest BCUT2D eigenvalue weighted by Gasteiger charge is -2.20. The monoisotopic (exact) mass is 303 g/mol. The summed E-state index contributed by atoms with van der Waals surface area (Å²) in [4.78, 5) is 11.7. The molecule has 0 bridgehead atoms. The zero-order valence-electron chi connectivity index (χ0n) is 7.76. The molecule has 74 valence electrons. The molecule has 0 unspecified atom stereocenters. The van der Waals surface area contributed by atoms with Gasteiger partial charge in [-0.3, -0.25) is 4.79 Å². The molecule has 1 aliphatic heterocycles. The van der Waals surface area contributed by atoms with Gasteiger partial charge in [-0.15, -0.1) is 0 Å². The van der Waals surface area contributed by atoms with Crippen LogP contribution in [0.5, 0.6) is 5.75 Å². The molecule has 14 heavy (non-hydrogen) atoms. The van der Waals surface area contributed by atoms with Crippen molar-refractivity contribution in [2.45, 2.75) is 6.42 Å². The van der Waals surface area contributed by atoms with Crippen LogP contribution in [0.15, 0.2) is 12.1 Å². The molecule has 0 atom stereocenters. The molecule has 0 saturated carbocycles. The average Bonchev–Trinajstić information content (AvgIpc) is 2.20. The number of ether oxygens (including phenoxy) is 1. The largest absolute Gasteiger partial charge is 0.496 e. The predicted molar refractivity (Wildman–Crippen MR) is 63.1 cm³/mol. The third kappa shape index (κ3) is 1.47. The van der Waals surface area contributed by atoms with E-state index >= 15 is 0 Å². The molecule has 4 heteroatoms. The molecule has 0 radical (unpaired) electrons. The Morgan fingerprint density at radius 3 is 3.00 bits per heavy atom. The minimum Gasteiger partial charge on any atom is -0.496 e. The van der Waals surface area contributed by atoms with E-state index in [2.05, 4.69) is 27.9 Å². The van der Waals surface area contributed by atoms with Crippen molar-refractivity contribution >= 4 is 34.1 Å². The molecular weight excluding hydrogens is 293 g/mol. The normalized spacial score (nSPS) is 14.6. The van der Waals surface area contributed by atoms with Crippen molar-refractivity contribution in [3.05, 3.63) is 21.3 Å². The van der Waals surface area contributed by atoms with Crippen LogP contribution in [0.25, 0.3) is 0 Å². The Bertz CT molecular complexity index is 390. The van der Waals surface area contributed by atoms with Gasteiger partial charge in [0.25, 0.3) is 0 Å². The molecule has 0 aliphatic carbocycles. The van der Waals surface area contributed by atoms with Crippen LogP contribution >= 0.6 is 22.6 Å². The van der Waals surface area contributed by atoms with Crippen molar-refractivity contribution < 1.29 is 9.53 Å². The fraction of sp³-hybridized carbons (Fsp3) is 0.300. The number of carbonyl (C=O) groups is 1. The lowest BCUT2D eigenvalue weighted by molar-refractivity contribution is 0.0980. The Hall–Kier alpha value is -0.780. The lowest BCUT2D eigenvalue weighted by Crippen LogP contribution is -2.19. The molecule has 0 amide bonds. The van der Waals surface area contributed by atoms with E-state index in [4.69, 9.17) is 4.74 Å². The van der Waals surface area contributed by atoms with Crippen LogP contribution in [0.4, 0.5) is 5.69 Å². The highest BCUT2D eigenvalue weighted by atomic mass is 127. The number of ketones is 1. The van der Waals surface area contributed by atoms with Gasteiger partial charge in [0.2, 0.25) is 0 Å². The van der Waals surface area contributed by atoms with E-state index in [9.17, 15) is 4.79 Å². The first-order valence-electron chi connectivity index (χ1n) is 4.37. The Kier molecular flexibility index (Phi) is 2.62. The molecule has 1 aliphatic rings. The Labute approximate surface area is 96.0 Å². The zero-order valence-corrected chi connectivity index (χ0v) is 9.92. The summed E-state index contributed by atoms with van der Waals surface area (Å²) in [6, 6.07) is 3.79. The highest BCUT2D eigenvalue weighted by molar-refractivity contribution is 14.1. The second kappa shape index (κ2) is 3.76. The van der Waals surface area contributed by atoms with E-state index < -0.39 is 0 Å². The first kappa shape index (κ1) is 9.76. The van der Waals surface area contributed by atoms with E-state index in [0.717, 1.165) is 15.8 Å². The second-order valence-corrected chi connectivity index (χ2v) is 4.26. The SMILES string of the molecule is COc1ccc(I)c2c1C(=O)CCN2. The minimum atomic E-state index is 0.161. The van der Waals surface area contributed by atoms with E-state index in [1.165, 1.54) is 0 Å². The Morgan fingerprint density at radius 1 is 1.50 bits per heavy atom. The van der Waals surface area contributed by atoms with Gasteiger partial charge in [0, 0.05) is 16.5 Å². The van der Waals surface area contributed by atoms with E-state index in [0.29, 0.717) is 17.7 Å². The molecule has 0 aromatic heterocycles. The molecular formula is C10H10INO2. The average molecular weight is 303 g/mol. The third-order valence-electron chi connectivity index (χ3n) is 2.27. The maximum atomic E-state index is 11.7.